The number of methoxy groups -OCH3 is 1. The maximum Gasteiger partial charge on any atom is 0.307 e. The fourth-order valence-electron chi connectivity index (χ4n) is 6.30. The molecule has 2 saturated heterocycles. The highest BCUT2D eigenvalue weighted by Gasteiger charge is 2.57. The van der Waals surface area contributed by atoms with E-state index >= 15 is 0 Å². The highest BCUT2D eigenvalue weighted by molar-refractivity contribution is 5.92. The molecule has 1 amide bonds. The molecule has 10 atom stereocenters. The van der Waals surface area contributed by atoms with E-state index < -0.39 is 104 Å². The van der Waals surface area contributed by atoms with E-state index in [1.54, 1.807) is 38.1 Å². The van der Waals surface area contributed by atoms with Crippen molar-refractivity contribution in [2.24, 2.45) is 5.92 Å². The van der Waals surface area contributed by atoms with Gasteiger partial charge in [0.05, 0.1) is 7.11 Å². The number of esters is 6. The number of carbonyl (C=O) groups excluding carboxylic acids is 7. The molecule has 2 N–H and O–H groups in total. The van der Waals surface area contributed by atoms with Crippen LogP contribution >= 0.6 is 0 Å². The lowest BCUT2D eigenvalue weighted by molar-refractivity contribution is -0.357. The molecule has 61 heavy (non-hydrogen) atoms. The Labute approximate surface area is 351 Å². The molecule has 2 aliphatic rings. The Morgan fingerprint density at radius 1 is 0.689 bits per heavy atom. The fourth-order valence-corrected chi connectivity index (χ4v) is 6.30. The van der Waals surface area contributed by atoms with Gasteiger partial charge in [-0.15, -0.1) is 0 Å². The highest BCUT2D eigenvalue weighted by atomic mass is 16.8. The molecule has 2 heterocycles. The van der Waals surface area contributed by atoms with Crippen LogP contribution in [-0.4, -0.2) is 116 Å². The summed E-state index contributed by atoms with van der Waals surface area (Å²) in [6.45, 7) is 9.69. The van der Waals surface area contributed by atoms with Gasteiger partial charge in [0.1, 0.15) is 36.8 Å². The lowest BCUT2D eigenvalue weighted by Crippen LogP contribution is -2.65. The van der Waals surface area contributed by atoms with E-state index in [9.17, 15) is 38.7 Å². The summed E-state index contributed by atoms with van der Waals surface area (Å²) in [5.41, 5.74) is 0.737. The fraction of sp³-hybridized carbons (Fsp3) is 0.537. The average molecular weight is 862 g/mol. The molecule has 20 nitrogen and oxygen atoms in total. The number of anilines is 1. The second-order valence-electron chi connectivity index (χ2n) is 14.2. The van der Waals surface area contributed by atoms with Crippen LogP contribution in [0.2, 0.25) is 0 Å². The van der Waals surface area contributed by atoms with Crippen molar-refractivity contribution < 1.29 is 90.8 Å². The number of carbonyl (C=O) groups is 7. The monoisotopic (exact) mass is 861 g/mol. The molecule has 334 valence electrons. The Hall–Kier alpha value is -5.83. The van der Waals surface area contributed by atoms with Crippen LogP contribution in [0.25, 0.3) is 0 Å². The van der Waals surface area contributed by atoms with Gasteiger partial charge in [-0.2, -0.15) is 0 Å². The number of ether oxygens (including phenoxy) is 11. The molecule has 0 unspecified atom stereocenters. The summed E-state index contributed by atoms with van der Waals surface area (Å²) in [5, 5.41) is 15.0. The smallest absolute Gasteiger partial charge is 0.307 e. The van der Waals surface area contributed by atoms with E-state index in [1.165, 1.54) is 32.2 Å². The number of benzene rings is 2. The number of amides is 1. The molecule has 0 radical (unpaired) electrons. The SMILES string of the molecule is CCC(=O)O[C@H]1O[C@H](c2ccc(OC)c(Oc3ccc(NC(=O)C(C)C)cc3)c2)[C@@H](O)[C@@H](O[C@H]2O[C@H](COC(C)=O)[C@@H](OC(C)=O)[C@H](OC(C)=O)[C@@H]2OC(C)=O)[C@H]1OC(C)=O. The molecule has 2 fully saturated rings. The minimum Gasteiger partial charge on any atom is -0.493 e. The van der Waals surface area contributed by atoms with Crippen molar-refractivity contribution >= 4 is 47.4 Å². The van der Waals surface area contributed by atoms with Crippen LogP contribution < -0.4 is 14.8 Å². The van der Waals surface area contributed by atoms with Gasteiger partial charge in [-0.3, -0.25) is 33.6 Å². The van der Waals surface area contributed by atoms with Gasteiger partial charge >= 0.3 is 35.8 Å². The van der Waals surface area contributed by atoms with Gasteiger partial charge in [-0.05, 0) is 42.0 Å². The minimum absolute atomic E-state index is 0.135. The zero-order valence-corrected chi connectivity index (χ0v) is 35.1. The lowest BCUT2D eigenvalue weighted by Gasteiger charge is -2.48. The normalized spacial score (nSPS) is 25.9. The highest BCUT2D eigenvalue weighted by Crippen LogP contribution is 2.42. The molecule has 0 aliphatic carbocycles. The summed E-state index contributed by atoms with van der Waals surface area (Å²) < 4.78 is 63.0. The third-order valence-corrected chi connectivity index (χ3v) is 8.99. The molecule has 0 spiro atoms. The van der Waals surface area contributed by atoms with E-state index in [2.05, 4.69) is 5.32 Å². The molecule has 0 saturated carbocycles. The molecular weight excluding hydrogens is 810 g/mol. The Bertz CT molecular complexity index is 1900. The van der Waals surface area contributed by atoms with Crippen LogP contribution in [0, 0.1) is 5.92 Å². The van der Waals surface area contributed by atoms with E-state index in [-0.39, 0.29) is 35.3 Å². The first kappa shape index (κ1) is 47.8. The Morgan fingerprint density at radius 3 is 1.80 bits per heavy atom. The Morgan fingerprint density at radius 2 is 1.26 bits per heavy atom. The molecule has 0 bridgehead atoms. The molecule has 2 aromatic carbocycles. The predicted molar refractivity (Wildman–Crippen MR) is 205 cm³/mol. The van der Waals surface area contributed by atoms with Crippen molar-refractivity contribution in [3.63, 3.8) is 0 Å². The standard InChI is InChI=1S/C41H51NO19/c1-10-31(48)59-41-37(55-23(7)46)35(61-40-38(56-24(8)47)36(54-22(6)45)34(53-21(5)44)30(58-40)18-52-20(4)43)32(49)33(60-41)25-11-16-28(51-9)29(17-25)57-27-14-12-26(13-15-27)42-39(50)19(2)3/h11-17,19,30,32-38,40-41,49H,10,18H2,1-9H3,(H,42,50)/t30-,32-,33-,34-,35-,36+,37-,38+,40-,41+/m1/s1. The summed E-state index contributed by atoms with van der Waals surface area (Å²) in [6.07, 6.45) is -16.9. The Balaban J connectivity index is 1.80. The van der Waals surface area contributed by atoms with Crippen molar-refractivity contribution in [3.05, 3.63) is 48.0 Å². The second kappa shape index (κ2) is 21.6. The topological polar surface area (TPSA) is 253 Å². The largest absolute Gasteiger partial charge is 0.493 e. The van der Waals surface area contributed by atoms with Crippen molar-refractivity contribution in [2.45, 2.75) is 123 Å². The molecule has 20 heteroatoms. The maximum absolute atomic E-state index is 12.8. The van der Waals surface area contributed by atoms with Crippen molar-refractivity contribution in [2.75, 3.05) is 19.0 Å². The summed E-state index contributed by atoms with van der Waals surface area (Å²) in [6, 6.07) is 11.0. The minimum atomic E-state index is -1.86. The molecule has 4 rings (SSSR count). The first-order chi connectivity index (χ1) is 28.8. The van der Waals surface area contributed by atoms with Crippen molar-refractivity contribution in [3.8, 4) is 17.2 Å². The number of hydrogen-bond acceptors (Lipinski definition) is 19. The number of nitrogens with one attached hydrogen (secondary N) is 1. The second-order valence-corrected chi connectivity index (χ2v) is 14.2. The summed E-state index contributed by atoms with van der Waals surface area (Å²) in [4.78, 5) is 86.7. The zero-order chi connectivity index (χ0) is 45.1. The van der Waals surface area contributed by atoms with Gasteiger partial charge in [-0.25, -0.2) is 0 Å². The van der Waals surface area contributed by atoms with E-state index in [0.29, 0.717) is 11.4 Å². The number of rotatable bonds is 16. The summed E-state index contributed by atoms with van der Waals surface area (Å²) in [7, 11) is 1.40. The van der Waals surface area contributed by atoms with Crippen molar-refractivity contribution in [1.29, 1.82) is 0 Å². The Kier molecular flexibility index (Phi) is 17.0. The molecule has 0 aromatic heterocycles. The zero-order valence-electron chi connectivity index (χ0n) is 35.1. The van der Waals surface area contributed by atoms with Crippen LogP contribution in [0.4, 0.5) is 5.69 Å². The van der Waals surface area contributed by atoms with Gasteiger partial charge in [-0.1, -0.05) is 26.8 Å². The van der Waals surface area contributed by atoms with Crippen LogP contribution in [0.3, 0.4) is 0 Å². The number of hydrogen-bond donors (Lipinski definition) is 2. The summed E-state index contributed by atoms with van der Waals surface area (Å²) in [5.74, 6) is -4.88. The van der Waals surface area contributed by atoms with Gasteiger partial charge in [0, 0.05) is 52.6 Å². The van der Waals surface area contributed by atoms with Crippen molar-refractivity contribution in [1.82, 2.24) is 0 Å². The van der Waals surface area contributed by atoms with E-state index in [0.717, 1.165) is 34.6 Å². The third kappa shape index (κ3) is 13.1. The molecule has 2 aliphatic heterocycles. The van der Waals surface area contributed by atoms with Crippen LogP contribution in [0.15, 0.2) is 42.5 Å². The van der Waals surface area contributed by atoms with Gasteiger partial charge in [0.25, 0.3) is 0 Å². The van der Waals surface area contributed by atoms with Crippen LogP contribution in [0.5, 0.6) is 17.2 Å². The van der Waals surface area contributed by atoms with Crippen LogP contribution in [-0.2, 0) is 76.2 Å². The molecular formula is C41H51NO19. The number of aliphatic hydroxyl groups excluding tert-OH is 1. The van der Waals surface area contributed by atoms with Gasteiger partial charge < -0.3 is 62.5 Å². The quantitative estimate of drug-likeness (QED) is 0.182. The van der Waals surface area contributed by atoms with E-state index in [1.807, 2.05) is 0 Å². The predicted octanol–water partition coefficient (Wildman–Crippen LogP) is 3.19. The first-order valence-electron chi connectivity index (χ1n) is 19.2. The maximum atomic E-state index is 12.8. The van der Waals surface area contributed by atoms with Crippen LogP contribution in [0.1, 0.15) is 73.5 Å². The molecule has 2 aromatic rings. The van der Waals surface area contributed by atoms with Gasteiger partial charge in [0.2, 0.25) is 12.2 Å². The summed E-state index contributed by atoms with van der Waals surface area (Å²) >= 11 is 0. The lowest BCUT2D eigenvalue weighted by atomic mass is 9.92. The first-order valence-corrected chi connectivity index (χ1v) is 19.2. The average Bonchev–Trinajstić information content (AvgIpc) is 3.18. The van der Waals surface area contributed by atoms with Gasteiger partial charge in [0.15, 0.2) is 42.2 Å². The van der Waals surface area contributed by atoms with E-state index in [4.69, 9.17) is 52.1 Å². The third-order valence-electron chi connectivity index (χ3n) is 8.99. The number of aliphatic hydroxyl groups is 1.